The second-order valence-electron chi connectivity index (χ2n) is 6.73. The maximum Gasteiger partial charge on any atom is 0.409 e. The van der Waals surface area contributed by atoms with Crippen molar-refractivity contribution in [1.29, 1.82) is 0 Å². The summed E-state index contributed by atoms with van der Waals surface area (Å²) >= 11 is 0. The Morgan fingerprint density at radius 3 is 2.27 bits per heavy atom. The van der Waals surface area contributed by atoms with Gasteiger partial charge in [0.25, 0.3) is 0 Å². The normalized spacial score (nSPS) is 22.0. The fraction of sp³-hybridized carbons (Fsp3) is 0.579. The van der Waals surface area contributed by atoms with Gasteiger partial charge in [-0.1, -0.05) is 19.8 Å². The third-order valence-corrected chi connectivity index (χ3v) is 4.70. The molecule has 0 saturated heterocycles. The van der Waals surface area contributed by atoms with Crippen LogP contribution in [-0.4, -0.2) is 12.3 Å². The molecule has 1 aliphatic rings. The van der Waals surface area contributed by atoms with Crippen LogP contribution in [0.1, 0.15) is 51.0 Å². The summed E-state index contributed by atoms with van der Waals surface area (Å²) < 4.78 is 83.6. The molecule has 7 heteroatoms. The summed E-state index contributed by atoms with van der Waals surface area (Å²) in [6.45, 7) is 2.06. The molecule has 0 unspecified atom stereocenters. The molecular weight excluding hydrogens is 358 g/mol. The van der Waals surface area contributed by atoms with E-state index in [2.05, 4.69) is 6.92 Å². The predicted octanol–water partition coefficient (Wildman–Crippen LogP) is 6.98. The largest absolute Gasteiger partial charge is 0.432 e. The minimum atomic E-state index is -4.58. The topological polar surface area (TPSA) is 9.23 Å². The van der Waals surface area contributed by atoms with E-state index < -0.39 is 29.8 Å². The Kier molecular flexibility index (Phi) is 6.64. The summed E-state index contributed by atoms with van der Waals surface area (Å²) in [5, 5.41) is 0. The lowest BCUT2D eigenvalue weighted by molar-refractivity contribution is -0.223. The molecule has 0 N–H and O–H groups in total. The number of halogens is 6. The number of hydrogen-bond donors (Lipinski definition) is 0. The molecule has 0 radical (unpaired) electrons. The van der Waals surface area contributed by atoms with Crippen LogP contribution >= 0.6 is 0 Å². The van der Waals surface area contributed by atoms with Crippen LogP contribution < -0.4 is 4.74 Å². The predicted molar refractivity (Wildman–Crippen MR) is 87.4 cm³/mol. The molecular formula is C19H22F6O. The molecule has 1 fully saturated rings. The van der Waals surface area contributed by atoms with Crippen molar-refractivity contribution in [3.63, 3.8) is 0 Å². The maximum atomic E-state index is 14.3. The van der Waals surface area contributed by atoms with Crippen molar-refractivity contribution in [2.45, 2.75) is 57.7 Å². The van der Waals surface area contributed by atoms with Crippen LogP contribution in [0, 0.1) is 17.7 Å². The molecule has 0 bridgehead atoms. The van der Waals surface area contributed by atoms with Gasteiger partial charge < -0.3 is 4.74 Å². The molecule has 1 aromatic rings. The van der Waals surface area contributed by atoms with Gasteiger partial charge in [-0.15, -0.1) is 0 Å². The molecule has 2 rings (SSSR count). The summed E-state index contributed by atoms with van der Waals surface area (Å²) in [7, 11) is 0. The molecule has 26 heavy (non-hydrogen) atoms. The molecule has 0 atom stereocenters. The number of rotatable bonds is 6. The van der Waals surface area contributed by atoms with Gasteiger partial charge in [0.1, 0.15) is 11.6 Å². The van der Waals surface area contributed by atoms with E-state index in [1.54, 1.807) is 0 Å². The molecule has 146 valence electrons. The summed E-state index contributed by atoms with van der Waals surface area (Å²) in [5.74, 6) is -1.93. The molecule has 1 nitrogen and oxygen atoms in total. The number of allylic oxidation sites excluding steroid dienone is 1. The Bertz CT molecular complexity index is 615. The Hall–Kier alpha value is -1.66. The van der Waals surface area contributed by atoms with Crippen LogP contribution in [0.5, 0.6) is 5.75 Å². The van der Waals surface area contributed by atoms with Crippen LogP contribution in [0.2, 0.25) is 0 Å². The zero-order valence-electron chi connectivity index (χ0n) is 14.5. The van der Waals surface area contributed by atoms with Crippen molar-refractivity contribution in [1.82, 2.24) is 0 Å². The van der Waals surface area contributed by atoms with E-state index in [9.17, 15) is 26.3 Å². The molecule has 0 heterocycles. The van der Waals surface area contributed by atoms with E-state index in [0.717, 1.165) is 25.0 Å². The van der Waals surface area contributed by atoms with Crippen molar-refractivity contribution in [2.75, 3.05) is 0 Å². The van der Waals surface area contributed by atoms with Crippen molar-refractivity contribution >= 4 is 6.08 Å². The molecule has 0 spiro atoms. The Labute approximate surface area is 149 Å². The smallest absolute Gasteiger partial charge is 0.409 e. The van der Waals surface area contributed by atoms with Gasteiger partial charge in [-0.2, -0.15) is 22.0 Å². The number of alkyl halides is 5. The van der Waals surface area contributed by atoms with E-state index >= 15 is 0 Å². The second-order valence-corrected chi connectivity index (χ2v) is 6.73. The fourth-order valence-corrected chi connectivity index (χ4v) is 3.33. The first-order valence-corrected chi connectivity index (χ1v) is 8.73. The van der Waals surface area contributed by atoms with E-state index in [-0.39, 0.29) is 11.6 Å². The van der Waals surface area contributed by atoms with E-state index in [4.69, 9.17) is 4.74 Å². The van der Waals surface area contributed by atoms with Crippen molar-refractivity contribution in [3.8, 4) is 5.75 Å². The number of hydrogen-bond acceptors (Lipinski definition) is 1. The lowest BCUT2D eigenvalue weighted by atomic mass is 9.79. The molecule has 1 aromatic carbocycles. The minimum Gasteiger partial charge on any atom is -0.432 e. The van der Waals surface area contributed by atoms with Crippen LogP contribution in [0.25, 0.3) is 6.08 Å². The SMILES string of the molecule is CCCC1CCC(C(F)(F)Oc2ccc(/C=C/C(F)(F)F)c(F)c2)CC1. The Balaban J connectivity index is 2.01. The maximum absolute atomic E-state index is 14.3. The van der Waals surface area contributed by atoms with Crippen molar-refractivity contribution in [2.24, 2.45) is 11.8 Å². The average Bonchev–Trinajstić information content (AvgIpc) is 2.54. The summed E-state index contributed by atoms with van der Waals surface area (Å²) in [6.07, 6.45) is -3.42. The quantitative estimate of drug-likeness (QED) is 0.484. The highest BCUT2D eigenvalue weighted by molar-refractivity contribution is 5.52. The van der Waals surface area contributed by atoms with Crippen LogP contribution in [0.3, 0.4) is 0 Å². The first kappa shape index (κ1) is 20.6. The third kappa shape index (κ3) is 5.95. The number of ether oxygens (including phenoxy) is 1. The summed E-state index contributed by atoms with van der Waals surface area (Å²) in [5.41, 5.74) is -0.349. The van der Waals surface area contributed by atoms with Crippen LogP contribution in [-0.2, 0) is 0 Å². The minimum absolute atomic E-state index is 0.116. The zero-order chi connectivity index (χ0) is 19.4. The lowest BCUT2D eigenvalue weighted by Crippen LogP contribution is -2.37. The highest BCUT2D eigenvalue weighted by Crippen LogP contribution is 2.41. The van der Waals surface area contributed by atoms with Gasteiger partial charge in [-0.3, -0.25) is 0 Å². The molecule has 1 saturated carbocycles. The molecule has 1 aliphatic carbocycles. The van der Waals surface area contributed by atoms with Gasteiger partial charge in [0.2, 0.25) is 0 Å². The standard InChI is InChI=1S/C19H22F6O/c1-2-3-13-4-7-15(8-5-13)19(24,25)26-16-9-6-14(17(20)12-16)10-11-18(21,22)23/h6,9-13,15H,2-5,7-8H2,1H3/b11-10+. The van der Waals surface area contributed by atoms with Gasteiger partial charge in [-0.25, -0.2) is 4.39 Å². The van der Waals surface area contributed by atoms with E-state index in [0.29, 0.717) is 43.7 Å². The highest BCUT2D eigenvalue weighted by Gasteiger charge is 2.43. The van der Waals surface area contributed by atoms with Gasteiger partial charge >= 0.3 is 12.3 Å². The second kappa shape index (κ2) is 8.35. The number of benzene rings is 1. The first-order chi connectivity index (χ1) is 12.1. The van der Waals surface area contributed by atoms with Gasteiger partial charge in [0, 0.05) is 17.7 Å². The molecule has 0 aliphatic heterocycles. The third-order valence-electron chi connectivity index (χ3n) is 4.70. The summed E-state index contributed by atoms with van der Waals surface area (Å²) in [6, 6.07) is 2.73. The van der Waals surface area contributed by atoms with Crippen LogP contribution in [0.15, 0.2) is 24.3 Å². The summed E-state index contributed by atoms with van der Waals surface area (Å²) in [4.78, 5) is 0. The van der Waals surface area contributed by atoms with E-state index in [1.807, 2.05) is 0 Å². The zero-order valence-corrected chi connectivity index (χ0v) is 14.5. The average molecular weight is 380 g/mol. The van der Waals surface area contributed by atoms with Crippen LogP contribution in [0.4, 0.5) is 26.3 Å². The van der Waals surface area contributed by atoms with Crippen molar-refractivity contribution in [3.05, 3.63) is 35.7 Å². The van der Waals surface area contributed by atoms with Gasteiger partial charge in [-0.05, 0) is 49.8 Å². The Morgan fingerprint density at radius 2 is 1.73 bits per heavy atom. The molecule has 0 amide bonds. The monoisotopic (exact) mass is 380 g/mol. The van der Waals surface area contributed by atoms with Crippen molar-refractivity contribution < 1.29 is 31.1 Å². The van der Waals surface area contributed by atoms with E-state index in [1.165, 1.54) is 0 Å². The molecule has 0 aromatic heterocycles. The van der Waals surface area contributed by atoms with Gasteiger partial charge in [0.05, 0.1) is 5.92 Å². The van der Waals surface area contributed by atoms with Gasteiger partial charge in [0.15, 0.2) is 0 Å². The Morgan fingerprint density at radius 1 is 1.08 bits per heavy atom. The fourth-order valence-electron chi connectivity index (χ4n) is 3.33. The first-order valence-electron chi connectivity index (χ1n) is 8.73. The lowest BCUT2D eigenvalue weighted by Gasteiger charge is -2.33. The highest BCUT2D eigenvalue weighted by atomic mass is 19.4.